The number of hydrogen-bond donors (Lipinski definition) is 1. The number of aromatic nitrogens is 3. The lowest BCUT2D eigenvalue weighted by atomic mass is 10.1. The topological polar surface area (TPSA) is 85.9 Å². The van der Waals surface area contributed by atoms with Gasteiger partial charge in [-0.1, -0.05) is 6.07 Å². The summed E-state index contributed by atoms with van der Waals surface area (Å²) >= 11 is 0. The van der Waals surface area contributed by atoms with Gasteiger partial charge in [-0.2, -0.15) is 0 Å². The second-order valence-corrected chi connectivity index (χ2v) is 3.94. The number of hydrogen-bond acceptors (Lipinski definition) is 5. The summed E-state index contributed by atoms with van der Waals surface area (Å²) in [5.74, 6) is 0.213. The zero-order valence-corrected chi connectivity index (χ0v) is 10.1. The highest BCUT2D eigenvalue weighted by Gasteiger charge is 2.21. The van der Waals surface area contributed by atoms with Gasteiger partial charge in [0.15, 0.2) is 0 Å². The van der Waals surface area contributed by atoms with Crippen molar-refractivity contribution in [3.63, 3.8) is 0 Å². The van der Waals surface area contributed by atoms with E-state index in [-0.39, 0.29) is 11.9 Å². The van der Waals surface area contributed by atoms with Crippen LogP contribution in [0, 0.1) is 10.1 Å². The van der Waals surface area contributed by atoms with Crippen molar-refractivity contribution in [3.8, 4) is 0 Å². The molecule has 94 valence electrons. The summed E-state index contributed by atoms with van der Waals surface area (Å²) in [7, 11) is 1.71. The molecule has 7 nitrogen and oxygen atoms in total. The second-order valence-electron chi connectivity index (χ2n) is 3.94. The Morgan fingerprint density at radius 1 is 1.56 bits per heavy atom. The Morgan fingerprint density at radius 3 is 2.94 bits per heavy atom. The van der Waals surface area contributed by atoms with Gasteiger partial charge in [0.05, 0.1) is 6.04 Å². The summed E-state index contributed by atoms with van der Waals surface area (Å²) in [4.78, 5) is 18.1. The van der Waals surface area contributed by atoms with Gasteiger partial charge in [-0.3, -0.25) is 9.55 Å². The summed E-state index contributed by atoms with van der Waals surface area (Å²) in [6.07, 6.45) is 4.82. The number of aryl methyl sites for hydroxylation is 1. The largest absolute Gasteiger partial charge is 0.406 e. The molecule has 2 heterocycles. The third-order valence-corrected chi connectivity index (χ3v) is 2.63. The molecule has 0 amide bonds. The maximum atomic E-state index is 10.8. The van der Waals surface area contributed by atoms with Crippen molar-refractivity contribution in [1.29, 1.82) is 0 Å². The molecule has 0 fully saturated rings. The lowest BCUT2D eigenvalue weighted by Crippen LogP contribution is -2.11. The van der Waals surface area contributed by atoms with Crippen LogP contribution in [0.2, 0.25) is 0 Å². The van der Waals surface area contributed by atoms with Crippen molar-refractivity contribution in [2.75, 3.05) is 5.32 Å². The summed E-state index contributed by atoms with van der Waals surface area (Å²) in [5, 5.41) is 13.9. The molecule has 2 rings (SSSR count). The molecule has 0 saturated heterocycles. The Balaban J connectivity index is 2.24. The molecule has 0 radical (unpaired) electrons. The van der Waals surface area contributed by atoms with Gasteiger partial charge < -0.3 is 15.4 Å². The molecule has 0 bridgehead atoms. The first-order valence-electron chi connectivity index (χ1n) is 5.41. The monoisotopic (exact) mass is 247 g/mol. The zero-order chi connectivity index (χ0) is 13.1. The first-order chi connectivity index (χ1) is 8.59. The van der Waals surface area contributed by atoms with Gasteiger partial charge in [-0.15, -0.1) is 0 Å². The molecule has 7 heteroatoms. The van der Waals surface area contributed by atoms with E-state index in [2.05, 4.69) is 15.3 Å². The fourth-order valence-corrected chi connectivity index (χ4v) is 1.64. The molecular formula is C11H13N5O2. The third-order valence-electron chi connectivity index (χ3n) is 2.63. The predicted octanol–water partition coefficient (Wildman–Crippen LogP) is 1.90. The third kappa shape index (κ3) is 2.29. The van der Waals surface area contributed by atoms with Gasteiger partial charge in [0, 0.05) is 19.4 Å². The SMILES string of the molecule is CC(Nc1c([N+](=O)[O-])ncn1C)c1cccnc1. The molecule has 1 atom stereocenters. The molecule has 0 aliphatic rings. The fourth-order valence-electron chi connectivity index (χ4n) is 1.64. The minimum absolute atomic E-state index is 0.0900. The van der Waals surface area contributed by atoms with Crippen LogP contribution in [0.5, 0.6) is 0 Å². The quantitative estimate of drug-likeness (QED) is 0.658. The minimum Gasteiger partial charge on any atom is -0.358 e. The van der Waals surface area contributed by atoms with E-state index >= 15 is 0 Å². The Labute approximate surface area is 104 Å². The van der Waals surface area contributed by atoms with Crippen LogP contribution in [-0.2, 0) is 7.05 Å². The van der Waals surface area contributed by atoms with Crippen LogP contribution in [0.1, 0.15) is 18.5 Å². The second kappa shape index (κ2) is 4.82. The highest BCUT2D eigenvalue weighted by Crippen LogP contribution is 2.25. The van der Waals surface area contributed by atoms with E-state index in [1.54, 1.807) is 24.0 Å². The number of nitrogens with one attached hydrogen (secondary N) is 1. The average molecular weight is 247 g/mol. The number of anilines is 1. The first kappa shape index (κ1) is 12.0. The van der Waals surface area contributed by atoms with Gasteiger partial charge >= 0.3 is 5.82 Å². The van der Waals surface area contributed by atoms with Crippen molar-refractivity contribution >= 4 is 11.6 Å². The highest BCUT2D eigenvalue weighted by atomic mass is 16.6. The number of nitrogens with zero attached hydrogens (tertiary/aromatic N) is 4. The Hall–Kier alpha value is -2.44. The lowest BCUT2D eigenvalue weighted by molar-refractivity contribution is -0.388. The molecule has 2 aromatic rings. The van der Waals surface area contributed by atoms with E-state index in [4.69, 9.17) is 0 Å². The number of imidazole rings is 1. The van der Waals surface area contributed by atoms with Gasteiger partial charge in [0.1, 0.15) is 0 Å². The molecule has 0 spiro atoms. The van der Waals surface area contributed by atoms with Crippen molar-refractivity contribution in [2.24, 2.45) is 7.05 Å². The molecule has 1 unspecified atom stereocenters. The number of rotatable bonds is 4. The summed E-state index contributed by atoms with van der Waals surface area (Å²) < 4.78 is 1.59. The van der Waals surface area contributed by atoms with E-state index in [0.29, 0.717) is 5.82 Å². The van der Waals surface area contributed by atoms with E-state index in [1.807, 2.05) is 19.1 Å². The van der Waals surface area contributed by atoms with Gasteiger partial charge in [-0.25, -0.2) is 0 Å². The van der Waals surface area contributed by atoms with E-state index in [9.17, 15) is 10.1 Å². The van der Waals surface area contributed by atoms with Crippen LogP contribution in [0.25, 0.3) is 0 Å². The number of nitro groups is 1. The van der Waals surface area contributed by atoms with Gasteiger partial charge in [0.2, 0.25) is 12.1 Å². The van der Waals surface area contributed by atoms with Gasteiger partial charge in [-0.05, 0) is 28.5 Å². The maximum absolute atomic E-state index is 10.8. The number of pyridine rings is 1. The van der Waals surface area contributed by atoms with Crippen LogP contribution in [0.4, 0.5) is 11.6 Å². The molecule has 0 aliphatic heterocycles. The van der Waals surface area contributed by atoms with Crippen LogP contribution >= 0.6 is 0 Å². The van der Waals surface area contributed by atoms with Crippen molar-refractivity contribution in [3.05, 3.63) is 46.5 Å². The summed E-state index contributed by atoms with van der Waals surface area (Å²) in [5.41, 5.74) is 0.952. The maximum Gasteiger partial charge on any atom is 0.406 e. The Morgan fingerprint density at radius 2 is 2.33 bits per heavy atom. The molecule has 0 saturated carbocycles. The normalized spacial score (nSPS) is 12.1. The minimum atomic E-state index is -0.502. The Kier molecular flexibility index (Phi) is 3.22. The van der Waals surface area contributed by atoms with Gasteiger partial charge in [0.25, 0.3) is 0 Å². The van der Waals surface area contributed by atoms with Crippen LogP contribution in [-0.4, -0.2) is 19.5 Å². The molecular weight excluding hydrogens is 234 g/mol. The average Bonchev–Trinajstić information content (AvgIpc) is 2.72. The van der Waals surface area contributed by atoms with Crippen molar-refractivity contribution < 1.29 is 4.92 Å². The van der Waals surface area contributed by atoms with Crippen molar-refractivity contribution in [1.82, 2.24) is 14.5 Å². The van der Waals surface area contributed by atoms with E-state index < -0.39 is 4.92 Å². The van der Waals surface area contributed by atoms with E-state index in [0.717, 1.165) is 5.56 Å². The summed E-state index contributed by atoms with van der Waals surface area (Å²) in [6, 6.07) is 3.64. The predicted molar refractivity (Wildman–Crippen MR) is 66.1 cm³/mol. The van der Waals surface area contributed by atoms with E-state index in [1.165, 1.54) is 6.33 Å². The first-order valence-corrected chi connectivity index (χ1v) is 5.41. The van der Waals surface area contributed by atoms with Crippen molar-refractivity contribution in [2.45, 2.75) is 13.0 Å². The molecule has 0 aliphatic carbocycles. The fraction of sp³-hybridized carbons (Fsp3) is 0.273. The van der Waals surface area contributed by atoms with Crippen LogP contribution in [0.15, 0.2) is 30.9 Å². The smallest absolute Gasteiger partial charge is 0.358 e. The molecule has 1 N–H and O–H groups in total. The zero-order valence-electron chi connectivity index (χ0n) is 10.1. The highest BCUT2D eigenvalue weighted by molar-refractivity contribution is 5.53. The molecule has 2 aromatic heterocycles. The van der Waals surface area contributed by atoms with Crippen LogP contribution < -0.4 is 5.32 Å². The molecule has 0 aromatic carbocycles. The standard InChI is InChI=1S/C11H13N5O2/c1-8(9-4-3-5-12-6-9)14-11-10(16(17)18)13-7-15(11)2/h3-8,14H,1-2H3. The van der Waals surface area contributed by atoms with Crippen LogP contribution in [0.3, 0.4) is 0 Å². The lowest BCUT2D eigenvalue weighted by Gasteiger charge is -2.14. The Bertz CT molecular complexity index is 552. The molecule has 18 heavy (non-hydrogen) atoms. The summed E-state index contributed by atoms with van der Waals surface area (Å²) in [6.45, 7) is 1.91.